The summed E-state index contributed by atoms with van der Waals surface area (Å²) >= 11 is 2.06. The van der Waals surface area contributed by atoms with Crippen LogP contribution >= 0.6 is 11.8 Å². The van der Waals surface area contributed by atoms with E-state index in [4.69, 9.17) is 0 Å². The Labute approximate surface area is 104 Å². The van der Waals surface area contributed by atoms with E-state index in [0.717, 1.165) is 13.1 Å². The van der Waals surface area contributed by atoms with Crippen LogP contribution in [0.5, 0.6) is 0 Å². The number of hydrogen-bond acceptors (Lipinski definition) is 3. The minimum Gasteiger partial charge on any atom is -0.372 e. The van der Waals surface area contributed by atoms with E-state index in [1.54, 1.807) is 0 Å². The molecule has 2 rings (SSSR count). The van der Waals surface area contributed by atoms with Crippen molar-refractivity contribution in [3.8, 4) is 0 Å². The third kappa shape index (κ3) is 3.16. The van der Waals surface area contributed by atoms with Gasteiger partial charge in [-0.05, 0) is 31.9 Å². The molecule has 1 heterocycles. The van der Waals surface area contributed by atoms with Crippen molar-refractivity contribution in [2.24, 2.45) is 4.99 Å². The first kappa shape index (κ1) is 12.3. The Morgan fingerprint density at radius 1 is 1.19 bits per heavy atom. The average Bonchev–Trinajstić information content (AvgIpc) is 2.39. The Morgan fingerprint density at radius 2 is 2.00 bits per heavy atom. The molecular formula is C13H24N2S. The first-order valence-corrected chi connectivity index (χ1v) is 7.89. The standard InChI is InChI=1S/C13H24N2S/c1-16-13(8-4-2-5-9-13)11-15-12-7-3-6-10-14-12/h2-11H2,1H3,(H,14,15). The first-order valence-electron chi connectivity index (χ1n) is 6.67. The van der Waals surface area contributed by atoms with E-state index in [2.05, 4.69) is 28.3 Å². The summed E-state index contributed by atoms with van der Waals surface area (Å²) in [5, 5.41) is 3.61. The molecule has 0 unspecified atom stereocenters. The van der Waals surface area contributed by atoms with Gasteiger partial charge in [0.05, 0.1) is 5.84 Å². The van der Waals surface area contributed by atoms with Gasteiger partial charge in [-0.3, -0.25) is 4.99 Å². The van der Waals surface area contributed by atoms with Crippen LogP contribution < -0.4 is 5.32 Å². The molecule has 2 nitrogen and oxygen atoms in total. The van der Waals surface area contributed by atoms with E-state index in [-0.39, 0.29) is 0 Å². The van der Waals surface area contributed by atoms with Crippen molar-refractivity contribution in [3.63, 3.8) is 0 Å². The second-order valence-corrected chi connectivity index (χ2v) is 6.36. The summed E-state index contributed by atoms with van der Waals surface area (Å²) in [4.78, 5) is 4.58. The summed E-state index contributed by atoms with van der Waals surface area (Å²) in [6.07, 6.45) is 13.1. The number of hydrogen-bond donors (Lipinski definition) is 1. The fourth-order valence-corrected chi connectivity index (χ4v) is 3.67. The lowest BCUT2D eigenvalue weighted by atomic mass is 9.88. The lowest BCUT2D eigenvalue weighted by Crippen LogP contribution is -2.42. The fourth-order valence-electron chi connectivity index (χ4n) is 2.75. The molecule has 1 saturated carbocycles. The van der Waals surface area contributed by atoms with Crippen LogP contribution in [0.3, 0.4) is 0 Å². The number of aliphatic imine (C=N–C) groups is 1. The highest BCUT2D eigenvalue weighted by molar-refractivity contribution is 8.00. The van der Waals surface area contributed by atoms with Gasteiger partial charge in [0.25, 0.3) is 0 Å². The number of thioether (sulfide) groups is 1. The second kappa shape index (κ2) is 5.95. The van der Waals surface area contributed by atoms with E-state index >= 15 is 0 Å². The predicted octanol–water partition coefficient (Wildman–Crippen LogP) is 3.22. The summed E-state index contributed by atoms with van der Waals surface area (Å²) in [7, 11) is 0. The van der Waals surface area contributed by atoms with Gasteiger partial charge in [0.15, 0.2) is 0 Å². The molecule has 0 amide bonds. The number of rotatable bonds is 3. The molecule has 0 radical (unpaired) electrons. The van der Waals surface area contributed by atoms with Crippen molar-refractivity contribution in [1.29, 1.82) is 0 Å². The van der Waals surface area contributed by atoms with E-state index in [1.165, 1.54) is 57.2 Å². The Balaban J connectivity index is 1.83. The monoisotopic (exact) mass is 240 g/mol. The maximum atomic E-state index is 4.58. The van der Waals surface area contributed by atoms with Crippen LogP contribution in [0.15, 0.2) is 4.99 Å². The summed E-state index contributed by atoms with van der Waals surface area (Å²) in [5.74, 6) is 1.27. The lowest BCUT2D eigenvalue weighted by molar-refractivity contribution is 0.394. The molecule has 1 fully saturated rings. The molecule has 3 heteroatoms. The van der Waals surface area contributed by atoms with Crippen molar-refractivity contribution in [1.82, 2.24) is 5.32 Å². The molecule has 0 aromatic heterocycles. The molecule has 0 aromatic carbocycles. The molecule has 0 atom stereocenters. The quantitative estimate of drug-likeness (QED) is 0.819. The van der Waals surface area contributed by atoms with Gasteiger partial charge in [-0.2, -0.15) is 11.8 Å². The van der Waals surface area contributed by atoms with E-state index in [9.17, 15) is 0 Å². The lowest BCUT2D eigenvalue weighted by Gasteiger charge is -2.36. The van der Waals surface area contributed by atoms with Gasteiger partial charge in [0.1, 0.15) is 0 Å². The van der Waals surface area contributed by atoms with Gasteiger partial charge in [0.2, 0.25) is 0 Å². The van der Waals surface area contributed by atoms with Gasteiger partial charge >= 0.3 is 0 Å². The molecule has 16 heavy (non-hydrogen) atoms. The van der Waals surface area contributed by atoms with Crippen LogP contribution in [0.2, 0.25) is 0 Å². The zero-order chi connectivity index (χ0) is 11.3. The van der Waals surface area contributed by atoms with Crippen LogP contribution in [0.4, 0.5) is 0 Å². The van der Waals surface area contributed by atoms with Crippen molar-refractivity contribution in [2.45, 2.75) is 56.1 Å². The van der Waals surface area contributed by atoms with Crippen LogP contribution in [-0.2, 0) is 0 Å². The summed E-state index contributed by atoms with van der Waals surface area (Å²) in [6.45, 7) is 2.17. The molecule has 0 spiro atoms. The average molecular weight is 240 g/mol. The molecule has 1 N–H and O–H groups in total. The maximum absolute atomic E-state index is 4.58. The van der Waals surface area contributed by atoms with E-state index < -0.39 is 0 Å². The van der Waals surface area contributed by atoms with Gasteiger partial charge in [-0.25, -0.2) is 0 Å². The topological polar surface area (TPSA) is 24.4 Å². The third-order valence-electron chi connectivity index (χ3n) is 3.94. The van der Waals surface area contributed by atoms with Crippen molar-refractivity contribution in [2.75, 3.05) is 19.3 Å². The van der Waals surface area contributed by atoms with E-state index in [0.29, 0.717) is 4.75 Å². The second-order valence-electron chi connectivity index (χ2n) is 5.09. The SMILES string of the molecule is CSC1(CNC2=NCCCC2)CCCCC1. The number of nitrogens with one attached hydrogen (secondary N) is 1. The van der Waals surface area contributed by atoms with Crippen LogP contribution in [0, 0.1) is 0 Å². The predicted molar refractivity (Wildman–Crippen MR) is 73.5 cm³/mol. The van der Waals surface area contributed by atoms with Gasteiger partial charge in [0, 0.05) is 24.3 Å². The minimum absolute atomic E-state index is 0.498. The zero-order valence-electron chi connectivity index (χ0n) is 10.4. The molecular weight excluding hydrogens is 216 g/mol. The zero-order valence-corrected chi connectivity index (χ0v) is 11.2. The number of amidine groups is 1. The van der Waals surface area contributed by atoms with Gasteiger partial charge in [-0.1, -0.05) is 19.3 Å². The highest BCUT2D eigenvalue weighted by Crippen LogP contribution is 2.37. The molecule has 92 valence electrons. The molecule has 1 aliphatic heterocycles. The van der Waals surface area contributed by atoms with Gasteiger partial charge in [-0.15, -0.1) is 0 Å². The Hall–Kier alpha value is -0.180. The first-order chi connectivity index (χ1) is 7.85. The van der Waals surface area contributed by atoms with E-state index in [1.807, 2.05) is 0 Å². The van der Waals surface area contributed by atoms with Crippen LogP contribution in [0.25, 0.3) is 0 Å². The Morgan fingerprint density at radius 3 is 2.62 bits per heavy atom. The van der Waals surface area contributed by atoms with Crippen molar-refractivity contribution in [3.05, 3.63) is 0 Å². The van der Waals surface area contributed by atoms with Crippen LogP contribution in [0.1, 0.15) is 51.4 Å². The molecule has 2 aliphatic rings. The largest absolute Gasteiger partial charge is 0.372 e. The number of nitrogens with zero attached hydrogens (tertiary/aromatic N) is 1. The summed E-state index contributed by atoms with van der Waals surface area (Å²) in [5.41, 5.74) is 0. The summed E-state index contributed by atoms with van der Waals surface area (Å²) in [6, 6.07) is 0. The Kier molecular flexibility index (Phi) is 4.56. The highest BCUT2D eigenvalue weighted by atomic mass is 32.2. The van der Waals surface area contributed by atoms with Crippen molar-refractivity contribution >= 4 is 17.6 Å². The van der Waals surface area contributed by atoms with Crippen molar-refractivity contribution < 1.29 is 0 Å². The molecule has 0 saturated heterocycles. The molecule has 1 aliphatic carbocycles. The summed E-state index contributed by atoms with van der Waals surface area (Å²) < 4.78 is 0.498. The molecule has 0 bridgehead atoms. The minimum atomic E-state index is 0.498. The van der Waals surface area contributed by atoms with Gasteiger partial charge < -0.3 is 5.32 Å². The molecule has 0 aromatic rings. The Bertz CT molecular complexity index is 244. The smallest absolute Gasteiger partial charge is 0.0963 e. The highest BCUT2D eigenvalue weighted by Gasteiger charge is 2.31. The fraction of sp³-hybridized carbons (Fsp3) is 0.923. The maximum Gasteiger partial charge on any atom is 0.0963 e. The van der Waals surface area contributed by atoms with Crippen LogP contribution in [-0.4, -0.2) is 29.9 Å². The third-order valence-corrected chi connectivity index (χ3v) is 5.36. The normalized spacial score (nSPS) is 24.9.